The molecule has 3 fully saturated rings. The Morgan fingerprint density at radius 2 is 1.78 bits per heavy atom. The van der Waals surface area contributed by atoms with Crippen molar-refractivity contribution in [1.82, 2.24) is 25.2 Å². The van der Waals surface area contributed by atoms with Crippen molar-refractivity contribution in [2.45, 2.75) is 31.2 Å². The zero-order valence-corrected chi connectivity index (χ0v) is 24.7. The largest absolute Gasteiger partial charge is 0.508 e. The molecule has 3 aliphatic rings. The maximum absolute atomic E-state index is 16.9. The molecule has 5 heterocycles. The van der Waals surface area contributed by atoms with Crippen LogP contribution in [0.1, 0.15) is 31.2 Å². The lowest BCUT2D eigenvalue weighted by Crippen LogP contribution is -2.44. The van der Waals surface area contributed by atoms with E-state index in [2.05, 4.69) is 20.2 Å². The second-order valence-electron chi connectivity index (χ2n) is 11.8. The van der Waals surface area contributed by atoms with Gasteiger partial charge in [0.2, 0.25) is 5.88 Å². The van der Waals surface area contributed by atoms with E-state index in [1.807, 2.05) is 4.90 Å². The number of rotatable bonds is 7. The van der Waals surface area contributed by atoms with Crippen LogP contribution in [-0.2, 0) is 0 Å². The monoisotopic (exact) mass is 624 g/mol. The van der Waals surface area contributed by atoms with Crippen molar-refractivity contribution in [2.24, 2.45) is 0 Å². The van der Waals surface area contributed by atoms with E-state index in [-0.39, 0.29) is 56.1 Å². The normalized spacial score (nSPS) is 18.0. The Bertz CT molecular complexity index is 1820. The predicted molar refractivity (Wildman–Crippen MR) is 162 cm³/mol. The zero-order valence-electron chi connectivity index (χ0n) is 24.7. The van der Waals surface area contributed by atoms with E-state index in [1.165, 1.54) is 19.2 Å². The van der Waals surface area contributed by atoms with Gasteiger partial charge in [-0.15, -0.1) is 0 Å². The van der Waals surface area contributed by atoms with Gasteiger partial charge in [-0.25, -0.2) is 13.8 Å². The number of piperazine rings is 1. The molecule has 0 spiro atoms. The van der Waals surface area contributed by atoms with Gasteiger partial charge in [0.25, 0.3) is 6.08 Å². The van der Waals surface area contributed by atoms with Crippen LogP contribution in [0, 0.1) is 11.6 Å². The minimum atomic E-state index is -2.14. The first kappa shape index (κ1) is 29.5. The number of phenolic OH excluding ortho intramolecular Hbond substituents is 1. The summed E-state index contributed by atoms with van der Waals surface area (Å²) in [5.74, 6) is -1.76. The van der Waals surface area contributed by atoms with Crippen LogP contribution >= 0.6 is 0 Å². The molecule has 0 aliphatic carbocycles. The number of anilines is 1. The zero-order chi connectivity index (χ0) is 31.3. The maximum atomic E-state index is 16.9. The maximum Gasteiger partial charge on any atom is 0.319 e. The van der Waals surface area contributed by atoms with Gasteiger partial charge in [0, 0.05) is 48.8 Å². The first-order valence-corrected chi connectivity index (χ1v) is 15.0. The summed E-state index contributed by atoms with van der Waals surface area (Å²) in [4.78, 5) is 18.2. The summed E-state index contributed by atoms with van der Waals surface area (Å²) in [6.45, 7) is 4.90. The Labute approximate surface area is 256 Å². The summed E-state index contributed by atoms with van der Waals surface area (Å²) >= 11 is 0. The number of pyridine rings is 1. The van der Waals surface area contributed by atoms with Crippen molar-refractivity contribution in [3.63, 3.8) is 0 Å². The average Bonchev–Trinajstić information content (AvgIpc) is 3.62. The molecule has 9 nitrogen and oxygen atoms in total. The molecule has 4 aromatic rings. The highest BCUT2D eigenvalue weighted by Crippen LogP contribution is 2.43. The molecular formula is C32H32F4N6O3. The van der Waals surface area contributed by atoms with Gasteiger partial charge in [-0.05, 0) is 62.4 Å². The van der Waals surface area contributed by atoms with Crippen molar-refractivity contribution in [3.8, 4) is 28.9 Å². The lowest BCUT2D eigenvalue weighted by Gasteiger charge is -2.32. The van der Waals surface area contributed by atoms with Crippen LogP contribution in [0.3, 0.4) is 0 Å². The summed E-state index contributed by atoms with van der Waals surface area (Å²) in [5, 5.41) is 14.2. The van der Waals surface area contributed by atoms with Crippen LogP contribution in [-0.4, -0.2) is 83.5 Å². The Balaban J connectivity index is 1.45. The fourth-order valence-electron chi connectivity index (χ4n) is 7.15. The molecule has 45 heavy (non-hydrogen) atoms. The highest BCUT2D eigenvalue weighted by molar-refractivity contribution is 6.05. The number of hydrogen-bond donors (Lipinski definition) is 2. The van der Waals surface area contributed by atoms with Crippen molar-refractivity contribution in [1.29, 1.82) is 0 Å². The number of aromatic hydroxyl groups is 1. The minimum absolute atomic E-state index is 0.00260. The van der Waals surface area contributed by atoms with Crippen LogP contribution in [0.4, 0.5) is 23.4 Å². The van der Waals surface area contributed by atoms with Crippen molar-refractivity contribution < 1.29 is 32.1 Å². The van der Waals surface area contributed by atoms with E-state index in [9.17, 15) is 18.3 Å². The van der Waals surface area contributed by atoms with Gasteiger partial charge in [-0.3, -0.25) is 4.90 Å². The number of methoxy groups -OCH3 is 1. The van der Waals surface area contributed by atoms with Crippen LogP contribution in [0.2, 0.25) is 0 Å². The third-order valence-electron chi connectivity index (χ3n) is 9.20. The first-order chi connectivity index (χ1) is 21.8. The van der Waals surface area contributed by atoms with Crippen molar-refractivity contribution in [2.75, 3.05) is 57.9 Å². The van der Waals surface area contributed by atoms with Crippen LogP contribution in [0.5, 0.6) is 17.6 Å². The fourth-order valence-corrected chi connectivity index (χ4v) is 7.15. The molecule has 0 saturated carbocycles. The van der Waals surface area contributed by atoms with Gasteiger partial charge < -0.3 is 24.8 Å². The molecule has 236 valence electrons. The van der Waals surface area contributed by atoms with E-state index in [4.69, 9.17) is 14.5 Å². The number of benzene rings is 2. The van der Waals surface area contributed by atoms with E-state index in [1.54, 1.807) is 0 Å². The summed E-state index contributed by atoms with van der Waals surface area (Å²) in [6.07, 6.45) is 2.40. The molecule has 3 saturated heterocycles. The molecule has 2 aromatic carbocycles. The summed E-state index contributed by atoms with van der Waals surface area (Å²) in [6, 6.07) is 4.78. The quantitative estimate of drug-likeness (QED) is 0.259. The topological polar surface area (TPSA) is 95.9 Å². The first-order valence-electron chi connectivity index (χ1n) is 15.0. The number of nitrogens with one attached hydrogen (secondary N) is 1. The van der Waals surface area contributed by atoms with Crippen LogP contribution < -0.4 is 19.7 Å². The third kappa shape index (κ3) is 5.17. The lowest BCUT2D eigenvalue weighted by atomic mass is 9.95. The Morgan fingerprint density at radius 3 is 2.49 bits per heavy atom. The molecule has 0 radical (unpaired) electrons. The van der Waals surface area contributed by atoms with Crippen molar-refractivity contribution in [3.05, 3.63) is 47.5 Å². The van der Waals surface area contributed by atoms with Gasteiger partial charge >= 0.3 is 6.01 Å². The Morgan fingerprint density at radius 1 is 1.02 bits per heavy atom. The lowest BCUT2D eigenvalue weighted by molar-refractivity contribution is 0.108. The minimum Gasteiger partial charge on any atom is -0.508 e. The second-order valence-corrected chi connectivity index (χ2v) is 11.8. The highest BCUT2D eigenvalue weighted by atomic mass is 19.3. The molecule has 0 unspecified atom stereocenters. The number of halogens is 4. The number of hydrogen-bond acceptors (Lipinski definition) is 9. The molecular weight excluding hydrogens is 592 g/mol. The van der Waals surface area contributed by atoms with E-state index < -0.39 is 23.3 Å². The number of nitrogens with zero attached hydrogens (tertiary/aromatic N) is 5. The van der Waals surface area contributed by atoms with Gasteiger partial charge in [0.1, 0.15) is 40.6 Å². The number of phenols is 1. The molecule has 2 aromatic heterocycles. The smallest absolute Gasteiger partial charge is 0.319 e. The second kappa shape index (κ2) is 11.6. The molecule has 3 aliphatic heterocycles. The average molecular weight is 625 g/mol. The van der Waals surface area contributed by atoms with E-state index in [0.29, 0.717) is 44.7 Å². The number of fused-ring (bicyclic) bond motifs is 3. The number of aromatic nitrogens is 3. The Hall–Kier alpha value is -4.23. The molecule has 2 N–H and O–H groups in total. The van der Waals surface area contributed by atoms with Crippen LogP contribution in [0.25, 0.3) is 39.0 Å². The summed E-state index contributed by atoms with van der Waals surface area (Å²) in [5.41, 5.74) is -1.18. The highest BCUT2D eigenvalue weighted by Gasteiger charge is 2.45. The molecule has 0 amide bonds. The molecule has 0 bridgehead atoms. The van der Waals surface area contributed by atoms with Gasteiger partial charge in [0.15, 0.2) is 5.82 Å². The third-order valence-corrected chi connectivity index (χ3v) is 9.20. The SMILES string of the molecule is COc1nc(-c2cc(O)cc3ccc(F)c(C=C(F)F)c23)c(F)c2nc(OCC34CCCN3CCC4)nc(N3CCNCC3)c12. The van der Waals surface area contributed by atoms with Crippen LogP contribution in [0.15, 0.2) is 30.3 Å². The van der Waals surface area contributed by atoms with E-state index in [0.717, 1.165) is 50.9 Å². The Kier molecular flexibility index (Phi) is 7.60. The van der Waals surface area contributed by atoms with E-state index >= 15 is 4.39 Å². The summed E-state index contributed by atoms with van der Waals surface area (Å²) < 4.78 is 70.7. The van der Waals surface area contributed by atoms with Crippen molar-refractivity contribution >= 4 is 33.6 Å². The predicted octanol–water partition coefficient (Wildman–Crippen LogP) is 5.49. The van der Waals surface area contributed by atoms with Gasteiger partial charge in [-0.1, -0.05) is 6.07 Å². The fraction of sp³-hybridized carbons (Fsp3) is 0.406. The molecule has 13 heteroatoms. The summed E-state index contributed by atoms with van der Waals surface area (Å²) in [7, 11) is 1.37. The standard InChI is InChI=1S/C32H32F4N6O3/c1-44-30-25-28(26(36)27(38-30)21-15-19(43)14-18-4-5-22(33)20(24(18)21)16-23(34)35)39-31(40-29(25)41-12-8-37-9-13-41)45-17-32-6-2-10-42(32)11-3-7-32/h4-5,14-16,37,43H,2-3,6-13,17H2,1H3. The van der Waals surface area contributed by atoms with Gasteiger partial charge in [-0.2, -0.15) is 18.7 Å². The van der Waals surface area contributed by atoms with Gasteiger partial charge in [0.05, 0.1) is 12.6 Å². The molecule has 7 rings (SSSR count). The molecule has 0 atom stereocenters. The number of ether oxygens (including phenoxy) is 2.